The summed E-state index contributed by atoms with van der Waals surface area (Å²) in [6.07, 6.45) is 3.03. The maximum atomic E-state index is 12.9. The molecule has 0 radical (unpaired) electrons. The molecule has 1 heterocycles. The molecule has 0 unspecified atom stereocenters. The van der Waals surface area contributed by atoms with Crippen molar-refractivity contribution < 1.29 is 14.0 Å². The van der Waals surface area contributed by atoms with Gasteiger partial charge in [0.2, 0.25) is 0 Å². The lowest BCUT2D eigenvalue weighted by molar-refractivity contribution is -0.118. The molecule has 1 atom stereocenters. The number of hydrogen-bond donors (Lipinski definition) is 2. The maximum absolute atomic E-state index is 12.9. The molecule has 0 saturated heterocycles. The number of nitrogens with one attached hydrogen (secondary N) is 2. The second-order valence-electron chi connectivity index (χ2n) is 6.95. The first-order valence-electron chi connectivity index (χ1n) is 9.43. The standard InChI is InChI=1S/C24H24N2O3/c1-16-10-12-19(13-11-16)23(27)26-22(15-20-8-6-14-29-20)24(28)25-18(3)21-9-5-4-7-17(21)2/h4-15,18H,1-3H3,(H,25,28)(H,26,27)/b22-15-/t18-/m0/s1. The minimum Gasteiger partial charge on any atom is -0.465 e. The van der Waals surface area contributed by atoms with E-state index in [0.29, 0.717) is 11.3 Å². The fraction of sp³-hybridized carbons (Fsp3) is 0.167. The van der Waals surface area contributed by atoms with Gasteiger partial charge in [-0.25, -0.2) is 0 Å². The van der Waals surface area contributed by atoms with Gasteiger partial charge in [0.1, 0.15) is 11.5 Å². The molecule has 3 aromatic rings. The van der Waals surface area contributed by atoms with E-state index in [2.05, 4.69) is 10.6 Å². The van der Waals surface area contributed by atoms with Crippen molar-refractivity contribution in [1.82, 2.24) is 10.6 Å². The van der Waals surface area contributed by atoms with Crippen LogP contribution in [0, 0.1) is 13.8 Å². The van der Waals surface area contributed by atoms with Crippen molar-refractivity contribution in [2.45, 2.75) is 26.8 Å². The molecule has 2 amide bonds. The molecule has 148 valence electrons. The number of hydrogen-bond acceptors (Lipinski definition) is 3. The van der Waals surface area contributed by atoms with Crippen LogP contribution in [0.1, 0.15) is 45.8 Å². The van der Waals surface area contributed by atoms with Crippen LogP contribution in [-0.2, 0) is 4.79 Å². The van der Waals surface area contributed by atoms with E-state index in [0.717, 1.165) is 16.7 Å². The molecule has 1 aromatic heterocycles. The van der Waals surface area contributed by atoms with Crippen molar-refractivity contribution in [2.75, 3.05) is 0 Å². The van der Waals surface area contributed by atoms with E-state index in [-0.39, 0.29) is 17.6 Å². The van der Waals surface area contributed by atoms with Gasteiger partial charge in [-0.3, -0.25) is 9.59 Å². The third-order valence-corrected chi connectivity index (χ3v) is 4.64. The van der Waals surface area contributed by atoms with Gasteiger partial charge in [-0.05, 0) is 56.2 Å². The van der Waals surface area contributed by atoms with Crippen LogP contribution >= 0.6 is 0 Å². The van der Waals surface area contributed by atoms with Crippen molar-refractivity contribution in [3.63, 3.8) is 0 Å². The second kappa shape index (κ2) is 9.06. The van der Waals surface area contributed by atoms with Crippen LogP contribution in [0.2, 0.25) is 0 Å². The van der Waals surface area contributed by atoms with E-state index in [1.165, 1.54) is 12.3 Å². The van der Waals surface area contributed by atoms with Crippen molar-refractivity contribution in [3.8, 4) is 0 Å². The monoisotopic (exact) mass is 388 g/mol. The van der Waals surface area contributed by atoms with E-state index in [1.807, 2.05) is 57.2 Å². The van der Waals surface area contributed by atoms with E-state index in [4.69, 9.17) is 4.42 Å². The maximum Gasteiger partial charge on any atom is 0.268 e. The van der Waals surface area contributed by atoms with Crippen LogP contribution in [0.25, 0.3) is 6.08 Å². The fourth-order valence-electron chi connectivity index (χ4n) is 3.00. The normalized spacial score (nSPS) is 12.3. The molecule has 2 aromatic carbocycles. The Morgan fingerprint density at radius 3 is 2.34 bits per heavy atom. The second-order valence-corrected chi connectivity index (χ2v) is 6.95. The largest absolute Gasteiger partial charge is 0.465 e. The van der Waals surface area contributed by atoms with Crippen LogP contribution in [-0.4, -0.2) is 11.8 Å². The van der Waals surface area contributed by atoms with Crippen molar-refractivity contribution in [3.05, 3.63) is 101 Å². The summed E-state index contributed by atoms with van der Waals surface area (Å²) in [7, 11) is 0. The molecule has 0 bridgehead atoms. The highest BCUT2D eigenvalue weighted by atomic mass is 16.3. The fourth-order valence-corrected chi connectivity index (χ4v) is 3.00. The lowest BCUT2D eigenvalue weighted by Gasteiger charge is -2.18. The van der Waals surface area contributed by atoms with E-state index in [1.54, 1.807) is 24.3 Å². The van der Waals surface area contributed by atoms with Crippen molar-refractivity contribution >= 4 is 17.9 Å². The predicted molar refractivity (Wildman–Crippen MR) is 113 cm³/mol. The van der Waals surface area contributed by atoms with Crippen LogP contribution < -0.4 is 10.6 Å². The first-order chi connectivity index (χ1) is 13.9. The number of amides is 2. The smallest absolute Gasteiger partial charge is 0.268 e. The minimum atomic E-state index is -0.391. The summed E-state index contributed by atoms with van der Waals surface area (Å²) in [4.78, 5) is 25.6. The van der Waals surface area contributed by atoms with Crippen molar-refractivity contribution in [1.29, 1.82) is 0 Å². The lowest BCUT2D eigenvalue weighted by atomic mass is 10.0. The third kappa shape index (κ3) is 5.23. The van der Waals surface area contributed by atoms with Crippen LogP contribution in [0.4, 0.5) is 0 Å². The molecule has 0 aliphatic heterocycles. The summed E-state index contributed by atoms with van der Waals surface area (Å²) in [5, 5.41) is 5.66. The Kier molecular flexibility index (Phi) is 6.29. The van der Waals surface area contributed by atoms with Gasteiger partial charge in [-0.1, -0.05) is 42.0 Å². The molecule has 2 N–H and O–H groups in total. The van der Waals surface area contributed by atoms with Gasteiger partial charge >= 0.3 is 0 Å². The first-order valence-corrected chi connectivity index (χ1v) is 9.43. The van der Waals surface area contributed by atoms with Gasteiger partial charge in [0.05, 0.1) is 12.3 Å². The molecule has 0 fully saturated rings. The van der Waals surface area contributed by atoms with Gasteiger partial charge in [-0.2, -0.15) is 0 Å². The van der Waals surface area contributed by atoms with Crippen LogP contribution in [0.3, 0.4) is 0 Å². The van der Waals surface area contributed by atoms with Crippen LogP contribution in [0.5, 0.6) is 0 Å². The SMILES string of the molecule is Cc1ccc(C(=O)N/C(=C\c2ccco2)C(=O)N[C@@H](C)c2ccccc2C)cc1. The Morgan fingerprint density at radius 1 is 0.966 bits per heavy atom. The third-order valence-electron chi connectivity index (χ3n) is 4.64. The quantitative estimate of drug-likeness (QED) is 0.609. The summed E-state index contributed by atoms with van der Waals surface area (Å²) < 4.78 is 5.32. The average molecular weight is 388 g/mol. The Morgan fingerprint density at radius 2 is 1.69 bits per heavy atom. The van der Waals surface area contributed by atoms with E-state index < -0.39 is 5.91 Å². The highest BCUT2D eigenvalue weighted by Crippen LogP contribution is 2.17. The Balaban J connectivity index is 1.81. The predicted octanol–water partition coefficient (Wildman–Crippen LogP) is 4.54. The van der Waals surface area contributed by atoms with Gasteiger partial charge < -0.3 is 15.1 Å². The van der Waals surface area contributed by atoms with Gasteiger partial charge in [0.15, 0.2) is 0 Å². The van der Waals surface area contributed by atoms with Crippen molar-refractivity contribution in [2.24, 2.45) is 0 Å². The van der Waals surface area contributed by atoms with Crippen LogP contribution in [0.15, 0.2) is 77.0 Å². The average Bonchev–Trinajstić information content (AvgIpc) is 3.21. The molecular weight excluding hydrogens is 364 g/mol. The number of aryl methyl sites for hydroxylation is 2. The Labute approximate surface area is 170 Å². The van der Waals surface area contributed by atoms with Gasteiger partial charge in [-0.15, -0.1) is 0 Å². The summed E-state index contributed by atoms with van der Waals surface area (Å²) in [5.74, 6) is -0.276. The van der Waals surface area contributed by atoms with E-state index >= 15 is 0 Å². The molecule has 3 rings (SSSR count). The Bertz CT molecular complexity index is 1020. The zero-order valence-electron chi connectivity index (χ0n) is 16.7. The Hall–Kier alpha value is -3.60. The first kappa shape index (κ1) is 20.1. The number of furan rings is 1. The summed E-state index contributed by atoms with van der Waals surface area (Å²) in [5.41, 5.74) is 3.74. The molecule has 0 saturated carbocycles. The molecule has 0 spiro atoms. The zero-order valence-corrected chi connectivity index (χ0v) is 16.7. The highest BCUT2D eigenvalue weighted by molar-refractivity contribution is 6.05. The lowest BCUT2D eigenvalue weighted by Crippen LogP contribution is -2.36. The molecule has 0 aliphatic carbocycles. The summed E-state index contributed by atoms with van der Waals surface area (Å²) >= 11 is 0. The van der Waals surface area contributed by atoms with Gasteiger partial charge in [0.25, 0.3) is 11.8 Å². The zero-order chi connectivity index (χ0) is 20.8. The minimum absolute atomic E-state index is 0.117. The number of carbonyl (C=O) groups excluding carboxylic acids is 2. The summed E-state index contributed by atoms with van der Waals surface area (Å²) in [6.45, 7) is 5.85. The molecular formula is C24H24N2O3. The molecule has 5 heteroatoms. The summed E-state index contributed by atoms with van der Waals surface area (Å²) in [6, 6.07) is 18.2. The highest BCUT2D eigenvalue weighted by Gasteiger charge is 2.18. The number of carbonyl (C=O) groups is 2. The molecule has 29 heavy (non-hydrogen) atoms. The molecule has 5 nitrogen and oxygen atoms in total. The number of rotatable bonds is 6. The topological polar surface area (TPSA) is 71.3 Å². The van der Waals surface area contributed by atoms with Gasteiger partial charge in [0, 0.05) is 11.6 Å². The number of benzene rings is 2. The van der Waals surface area contributed by atoms with E-state index in [9.17, 15) is 9.59 Å². The molecule has 0 aliphatic rings.